The first kappa shape index (κ1) is 24.8. The number of benzene rings is 2. The number of nitrogens with zero attached hydrogens (tertiary/aromatic N) is 5. The zero-order valence-corrected chi connectivity index (χ0v) is 23.3. The number of hydrogen-bond donors (Lipinski definition) is 1. The van der Waals surface area contributed by atoms with Gasteiger partial charge in [0, 0.05) is 60.8 Å². The molecular weight excluding hydrogens is 568 g/mol. The number of likely N-dealkylation sites (tertiary alicyclic amines) is 1. The number of para-hydroxylation sites is 2. The molecule has 1 saturated heterocycles. The van der Waals surface area contributed by atoms with Crippen LogP contribution in [0.1, 0.15) is 47.1 Å². The van der Waals surface area contributed by atoms with Crippen LogP contribution < -0.4 is 10.1 Å². The Bertz CT molecular complexity index is 1650. The summed E-state index contributed by atoms with van der Waals surface area (Å²) in [4.78, 5) is 25.2. The van der Waals surface area contributed by atoms with Crippen LogP contribution in [0, 0.1) is 0 Å². The molecule has 1 fully saturated rings. The first-order valence-corrected chi connectivity index (χ1v) is 14.3. The third-order valence-electron chi connectivity index (χ3n) is 7.80. The summed E-state index contributed by atoms with van der Waals surface area (Å²) in [6.07, 6.45) is 7.08. The molecule has 2 aliphatic rings. The molecule has 0 unspecified atom stereocenters. The Labute approximate surface area is 240 Å². The van der Waals surface area contributed by atoms with Crippen LogP contribution in [0.3, 0.4) is 0 Å². The van der Waals surface area contributed by atoms with Gasteiger partial charge < -0.3 is 15.0 Å². The van der Waals surface area contributed by atoms with E-state index >= 15 is 0 Å². The lowest BCUT2D eigenvalue weighted by Gasteiger charge is -2.36. The number of rotatable bonds is 5. The molecule has 5 aromatic rings. The molecule has 1 amide bonds. The number of fused-ring (bicyclic) bond motifs is 3. The van der Waals surface area contributed by atoms with Crippen molar-refractivity contribution in [1.29, 1.82) is 0 Å². The Balaban J connectivity index is 1.11. The molecule has 2 aromatic carbocycles. The van der Waals surface area contributed by atoms with E-state index in [1.807, 2.05) is 76.3 Å². The predicted molar refractivity (Wildman–Crippen MR) is 156 cm³/mol. The smallest absolute Gasteiger partial charge is 0.234 e. The molecule has 2 aliphatic heterocycles. The number of halogens is 1. The number of pyridine rings is 1. The van der Waals surface area contributed by atoms with Gasteiger partial charge in [0.25, 0.3) is 0 Å². The fraction of sp³-hybridized carbons (Fsp3) is 0.226. The van der Waals surface area contributed by atoms with Crippen LogP contribution in [0.4, 0.5) is 5.82 Å². The van der Waals surface area contributed by atoms with Crippen LogP contribution >= 0.6 is 15.9 Å². The normalized spacial score (nSPS) is 15.4. The molecule has 0 radical (unpaired) electrons. The molecule has 0 bridgehead atoms. The summed E-state index contributed by atoms with van der Waals surface area (Å²) in [5.41, 5.74) is 4.73. The molecule has 5 heterocycles. The van der Waals surface area contributed by atoms with Crippen molar-refractivity contribution in [3.05, 3.63) is 112 Å². The van der Waals surface area contributed by atoms with E-state index in [-0.39, 0.29) is 17.7 Å². The minimum Gasteiger partial charge on any atom is -0.457 e. The summed E-state index contributed by atoms with van der Waals surface area (Å²) in [5, 5.41) is 8.02. The average molecular weight is 596 g/mol. The maximum atomic E-state index is 14.0. The van der Waals surface area contributed by atoms with Gasteiger partial charge in [0.05, 0.1) is 16.6 Å². The van der Waals surface area contributed by atoms with Gasteiger partial charge in [-0.3, -0.25) is 9.78 Å². The highest BCUT2D eigenvalue weighted by Gasteiger charge is 2.36. The number of nitrogens with one attached hydrogen (secondary N) is 1. The number of carbonyl (C=O) groups is 1. The van der Waals surface area contributed by atoms with E-state index < -0.39 is 0 Å². The van der Waals surface area contributed by atoms with Gasteiger partial charge in [0.2, 0.25) is 5.91 Å². The second-order valence-corrected chi connectivity index (χ2v) is 11.1. The van der Waals surface area contributed by atoms with E-state index in [2.05, 4.69) is 37.4 Å². The SMILES string of the molecule is O=C(C1c2ccccc2Oc2ccccc21)N1CCC(c2cc(NCc3cccnc3)n3ncc(Br)c3n2)CC1. The van der Waals surface area contributed by atoms with Crippen molar-refractivity contribution in [2.75, 3.05) is 18.4 Å². The van der Waals surface area contributed by atoms with Gasteiger partial charge in [-0.1, -0.05) is 42.5 Å². The van der Waals surface area contributed by atoms with Crippen molar-refractivity contribution in [3.63, 3.8) is 0 Å². The number of anilines is 1. The highest BCUT2D eigenvalue weighted by molar-refractivity contribution is 9.10. The number of aromatic nitrogens is 4. The van der Waals surface area contributed by atoms with Gasteiger partial charge in [0.15, 0.2) is 5.65 Å². The van der Waals surface area contributed by atoms with Gasteiger partial charge in [-0.2, -0.15) is 9.61 Å². The molecule has 8 nitrogen and oxygen atoms in total. The lowest BCUT2D eigenvalue weighted by molar-refractivity contribution is -0.133. The maximum absolute atomic E-state index is 14.0. The van der Waals surface area contributed by atoms with Gasteiger partial charge in [-0.05, 0) is 52.5 Å². The molecule has 3 aromatic heterocycles. The summed E-state index contributed by atoms with van der Waals surface area (Å²) in [5.74, 6) is 2.39. The standard InChI is InChI=1S/C31H27BrN6O2/c32-24-19-35-38-28(34-18-20-6-5-13-33-17-20)16-25(36-30(24)38)21-11-14-37(15-12-21)31(39)29-22-7-1-3-9-26(22)40-27-10-4-2-8-23(27)29/h1-10,13,16-17,19,21,29,34H,11-12,14-15,18H2. The Hall–Kier alpha value is -4.24. The first-order valence-electron chi connectivity index (χ1n) is 13.5. The fourth-order valence-electron chi connectivity index (χ4n) is 5.74. The highest BCUT2D eigenvalue weighted by Crippen LogP contribution is 2.45. The second-order valence-electron chi connectivity index (χ2n) is 10.2. The Morgan fingerprint density at radius 3 is 2.40 bits per heavy atom. The van der Waals surface area contributed by atoms with Crippen molar-refractivity contribution in [2.45, 2.75) is 31.2 Å². The van der Waals surface area contributed by atoms with Gasteiger partial charge >= 0.3 is 0 Å². The summed E-state index contributed by atoms with van der Waals surface area (Å²) in [6, 6.07) is 21.8. The molecule has 7 rings (SSSR count). The third-order valence-corrected chi connectivity index (χ3v) is 8.36. The zero-order valence-electron chi connectivity index (χ0n) is 21.7. The highest BCUT2D eigenvalue weighted by atomic mass is 79.9. The van der Waals surface area contributed by atoms with E-state index in [4.69, 9.17) is 9.72 Å². The van der Waals surface area contributed by atoms with Crippen molar-refractivity contribution >= 4 is 33.3 Å². The fourth-order valence-corrected chi connectivity index (χ4v) is 6.09. The van der Waals surface area contributed by atoms with Crippen LogP contribution in [0.2, 0.25) is 0 Å². The number of carbonyl (C=O) groups excluding carboxylic acids is 1. The molecule has 0 aliphatic carbocycles. The van der Waals surface area contributed by atoms with E-state index in [9.17, 15) is 4.79 Å². The van der Waals surface area contributed by atoms with Gasteiger partial charge in [-0.15, -0.1) is 0 Å². The average Bonchev–Trinajstić information content (AvgIpc) is 3.39. The predicted octanol–water partition coefficient (Wildman–Crippen LogP) is 6.14. The Kier molecular flexibility index (Phi) is 6.43. The summed E-state index contributed by atoms with van der Waals surface area (Å²) >= 11 is 3.61. The summed E-state index contributed by atoms with van der Waals surface area (Å²) in [7, 11) is 0. The summed E-state index contributed by atoms with van der Waals surface area (Å²) < 4.78 is 8.79. The summed E-state index contributed by atoms with van der Waals surface area (Å²) in [6.45, 7) is 1.98. The van der Waals surface area contributed by atoms with E-state index in [1.54, 1.807) is 12.4 Å². The van der Waals surface area contributed by atoms with Crippen molar-refractivity contribution < 1.29 is 9.53 Å². The lowest BCUT2D eigenvalue weighted by atomic mass is 9.85. The zero-order chi connectivity index (χ0) is 27.1. The minimum atomic E-state index is -0.363. The molecule has 200 valence electrons. The van der Waals surface area contributed by atoms with Crippen molar-refractivity contribution in [3.8, 4) is 11.5 Å². The molecule has 0 saturated carbocycles. The molecular formula is C31H27BrN6O2. The number of amides is 1. The number of piperidine rings is 1. The minimum absolute atomic E-state index is 0.127. The van der Waals surface area contributed by atoms with Gasteiger partial charge in [-0.25, -0.2) is 4.98 Å². The van der Waals surface area contributed by atoms with Gasteiger partial charge in [0.1, 0.15) is 17.3 Å². The van der Waals surface area contributed by atoms with E-state index in [0.29, 0.717) is 19.6 Å². The van der Waals surface area contributed by atoms with Crippen LogP contribution in [0.5, 0.6) is 11.5 Å². The monoisotopic (exact) mass is 594 g/mol. The van der Waals surface area contributed by atoms with E-state index in [0.717, 1.165) is 62.7 Å². The topological polar surface area (TPSA) is 84.7 Å². The van der Waals surface area contributed by atoms with Crippen LogP contribution in [0.25, 0.3) is 5.65 Å². The van der Waals surface area contributed by atoms with Crippen molar-refractivity contribution in [2.24, 2.45) is 0 Å². The largest absolute Gasteiger partial charge is 0.457 e. The number of hydrogen-bond acceptors (Lipinski definition) is 6. The lowest BCUT2D eigenvalue weighted by Crippen LogP contribution is -2.41. The van der Waals surface area contributed by atoms with Crippen molar-refractivity contribution in [1.82, 2.24) is 24.5 Å². The first-order chi connectivity index (χ1) is 19.7. The molecule has 1 N–H and O–H groups in total. The maximum Gasteiger partial charge on any atom is 0.234 e. The molecule has 40 heavy (non-hydrogen) atoms. The molecule has 0 atom stereocenters. The Morgan fingerprint density at radius 2 is 1.70 bits per heavy atom. The number of ether oxygens (including phenoxy) is 1. The molecule has 0 spiro atoms. The Morgan fingerprint density at radius 1 is 0.975 bits per heavy atom. The third kappa shape index (κ3) is 4.50. The molecule has 9 heteroatoms. The van der Waals surface area contributed by atoms with Crippen LogP contribution in [-0.2, 0) is 11.3 Å². The van der Waals surface area contributed by atoms with E-state index in [1.165, 1.54) is 0 Å². The van der Waals surface area contributed by atoms with Crippen LogP contribution in [-0.4, -0.2) is 43.5 Å². The van der Waals surface area contributed by atoms with Crippen LogP contribution in [0.15, 0.2) is 89.8 Å². The quantitative estimate of drug-likeness (QED) is 0.263. The second kappa shape index (κ2) is 10.4.